The highest BCUT2D eigenvalue weighted by atomic mass is 32.2. The first-order valence-electron chi connectivity index (χ1n) is 13.6. The van der Waals surface area contributed by atoms with E-state index in [1.165, 1.54) is 0 Å². The predicted molar refractivity (Wildman–Crippen MR) is 142 cm³/mol. The Balaban J connectivity index is 2.66. The number of hydrogen-bond donors (Lipinski definition) is 1. The summed E-state index contributed by atoms with van der Waals surface area (Å²) in [7, 11) is -3.49. The van der Waals surface area contributed by atoms with E-state index in [4.69, 9.17) is 4.74 Å². The van der Waals surface area contributed by atoms with E-state index >= 15 is 0 Å². The summed E-state index contributed by atoms with van der Waals surface area (Å²) in [6.45, 7) is 12.8. The van der Waals surface area contributed by atoms with Gasteiger partial charge < -0.3 is 9.84 Å². The summed E-state index contributed by atoms with van der Waals surface area (Å²) in [5.74, 6) is 0.661. The molecular weight excluding hydrogens is 446 g/mol. The van der Waals surface area contributed by atoms with E-state index in [1.807, 2.05) is 19.1 Å². The van der Waals surface area contributed by atoms with Crippen molar-refractivity contribution in [1.29, 1.82) is 0 Å². The molecular formula is C28H51NO4S. The molecule has 0 radical (unpaired) electrons. The van der Waals surface area contributed by atoms with E-state index in [-0.39, 0.29) is 12.0 Å². The highest BCUT2D eigenvalue weighted by molar-refractivity contribution is 7.89. The van der Waals surface area contributed by atoms with Gasteiger partial charge in [0.1, 0.15) is 0 Å². The summed E-state index contributed by atoms with van der Waals surface area (Å²) < 4.78 is 34.2. The molecule has 0 unspecified atom stereocenters. The Morgan fingerprint density at radius 1 is 0.853 bits per heavy atom. The van der Waals surface area contributed by atoms with Gasteiger partial charge in [-0.05, 0) is 49.3 Å². The molecule has 1 N–H and O–H groups in total. The van der Waals surface area contributed by atoms with Gasteiger partial charge in [-0.15, -0.1) is 0 Å². The monoisotopic (exact) mass is 497 g/mol. The molecule has 0 aliphatic carbocycles. The second-order valence-corrected chi connectivity index (χ2v) is 12.1. The fourth-order valence-electron chi connectivity index (χ4n) is 3.95. The van der Waals surface area contributed by atoms with E-state index in [0.717, 1.165) is 69.8 Å². The van der Waals surface area contributed by atoms with Gasteiger partial charge in [0.25, 0.3) is 0 Å². The number of aliphatic hydroxyl groups is 1. The first-order chi connectivity index (χ1) is 16.2. The van der Waals surface area contributed by atoms with Crippen molar-refractivity contribution in [2.75, 3.05) is 19.7 Å². The fraction of sp³-hybridized carbons (Fsp3) is 0.786. The van der Waals surface area contributed by atoms with Crippen LogP contribution in [0.25, 0.3) is 0 Å². The standard InChI is InChI=1S/C28H51NO4S/c1-6-8-10-12-20-29(21-13-11-9-7-2)34(31,32)27-17-15-26(16-18-27)23-33-22-25(5)28(30)19-14-24(3)4/h15-18,24-25,28,30H,6-14,19-23H2,1-5H3/t25-,28-/m0/s1. The Labute approximate surface area is 210 Å². The van der Waals surface area contributed by atoms with Crippen LogP contribution in [0.3, 0.4) is 0 Å². The highest BCUT2D eigenvalue weighted by Crippen LogP contribution is 2.20. The van der Waals surface area contributed by atoms with Crippen LogP contribution in [0.4, 0.5) is 0 Å². The molecule has 6 heteroatoms. The Morgan fingerprint density at radius 3 is 1.91 bits per heavy atom. The molecule has 198 valence electrons. The zero-order chi connectivity index (χ0) is 25.4. The molecule has 0 spiro atoms. The van der Waals surface area contributed by atoms with Crippen LogP contribution in [0.5, 0.6) is 0 Å². The molecule has 34 heavy (non-hydrogen) atoms. The second-order valence-electron chi connectivity index (χ2n) is 10.2. The van der Waals surface area contributed by atoms with Crippen molar-refractivity contribution in [1.82, 2.24) is 4.31 Å². The maximum Gasteiger partial charge on any atom is 0.243 e. The summed E-state index contributed by atoms with van der Waals surface area (Å²) >= 11 is 0. The topological polar surface area (TPSA) is 66.8 Å². The van der Waals surface area contributed by atoms with Crippen LogP contribution >= 0.6 is 0 Å². The van der Waals surface area contributed by atoms with Gasteiger partial charge in [-0.3, -0.25) is 0 Å². The molecule has 1 aromatic rings. The third kappa shape index (κ3) is 12.1. The molecule has 1 aromatic carbocycles. The van der Waals surface area contributed by atoms with Gasteiger partial charge in [0.2, 0.25) is 10.0 Å². The summed E-state index contributed by atoms with van der Waals surface area (Å²) in [4.78, 5) is 0.361. The fourth-order valence-corrected chi connectivity index (χ4v) is 5.47. The molecule has 0 bridgehead atoms. The quantitative estimate of drug-likeness (QED) is 0.201. The first kappa shape index (κ1) is 31.1. The normalized spacial score (nSPS) is 14.1. The molecule has 0 saturated heterocycles. The number of aliphatic hydroxyl groups excluding tert-OH is 1. The lowest BCUT2D eigenvalue weighted by Crippen LogP contribution is -2.33. The van der Waals surface area contributed by atoms with Crippen molar-refractivity contribution in [3.8, 4) is 0 Å². The molecule has 2 atom stereocenters. The lowest BCUT2D eigenvalue weighted by molar-refractivity contribution is 0.0231. The van der Waals surface area contributed by atoms with Gasteiger partial charge in [0.15, 0.2) is 0 Å². The van der Waals surface area contributed by atoms with Crippen LogP contribution in [0.15, 0.2) is 29.2 Å². The van der Waals surface area contributed by atoms with Gasteiger partial charge >= 0.3 is 0 Å². The average molecular weight is 498 g/mol. The largest absolute Gasteiger partial charge is 0.393 e. The summed E-state index contributed by atoms with van der Waals surface area (Å²) in [5.41, 5.74) is 0.945. The van der Waals surface area contributed by atoms with Crippen molar-refractivity contribution in [3.05, 3.63) is 29.8 Å². The zero-order valence-electron chi connectivity index (χ0n) is 22.5. The van der Waals surface area contributed by atoms with Crippen molar-refractivity contribution in [2.24, 2.45) is 11.8 Å². The Kier molecular flexibility index (Phi) is 16.0. The van der Waals surface area contributed by atoms with Crippen LogP contribution < -0.4 is 0 Å². The van der Waals surface area contributed by atoms with Crippen LogP contribution in [0, 0.1) is 11.8 Å². The van der Waals surface area contributed by atoms with E-state index in [1.54, 1.807) is 16.4 Å². The molecule has 0 aliphatic heterocycles. The number of nitrogens with zero attached hydrogens (tertiary/aromatic N) is 1. The molecule has 0 fully saturated rings. The average Bonchev–Trinajstić information content (AvgIpc) is 2.81. The molecule has 0 heterocycles. The lowest BCUT2D eigenvalue weighted by atomic mass is 9.97. The van der Waals surface area contributed by atoms with Crippen molar-refractivity contribution in [2.45, 2.75) is 116 Å². The van der Waals surface area contributed by atoms with Crippen LogP contribution in [-0.2, 0) is 21.4 Å². The van der Waals surface area contributed by atoms with Crippen molar-refractivity contribution >= 4 is 10.0 Å². The third-order valence-electron chi connectivity index (χ3n) is 6.43. The second kappa shape index (κ2) is 17.5. The Hall–Kier alpha value is -0.950. The number of ether oxygens (including phenoxy) is 1. The number of benzene rings is 1. The minimum absolute atomic E-state index is 0.0763. The van der Waals surface area contributed by atoms with Gasteiger partial charge in [-0.1, -0.05) is 85.3 Å². The van der Waals surface area contributed by atoms with Crippen LogP contribution in [0.1, 0.15) is 104 Å². The maximum absolute atomic E-state index is 13.3. The van der Waals surface area contributed by atoms with Crippen molar-refractivity contribution < 1.29 is 18.3 Å². The Morgan fingerprint density at radius 2 is 1.41 bits per heavy atom. The zero-order valence-corrected chi connectivity index (χ0v) is 23.3. The third-order valence-corrected chi connectivity index (χ3v) is 8.34. The van der Waals surface area contributed by atoms with Gasteiger partial charge in [-0.25, -0.2) is 8.42 Å². The minimum atomic E-state index is -3.49. The highest BCUT2D eigenvalue weighted by Gasteiger charge is 2.23. The first-order valence-corrected chi connectivity index (χ1v) is 15.0. The van der Waals surface area contributed by atoms with Gasteiger partial charge in [-0.2, -0.15) is 4.31 Å². The van der Waals surface area contributed by atoms with Crippen molar-refractivity contribution in [3.63, 3.8) is 0 Å². The molecule has 0 aromatic heterocycles. The number of rotatable bonds is 20. The number of sulfonamides is 1. The number of unbranched alkanes of at least 4 members (excludes halogenated alkanes) is 6. The molecule has 0 aliphatic rings. The molecule has 0 amide bonds. The smallest absolute Gasteiger partial charge is 0.243 e. The summed E-state index contributed by atoms with van der Waals surface area (Å²) in [5, 5.41) is 10.3. The Bertz CT molecular complexity index is 721. The molecule has 1 rings (SSSR count). The van der Waals surface area contributed by atoms with Gasteiger partial charge in [0.05, 0.1) is 24.2 Å². The SMILES string of the molecule is CCCCCCN(CCCCCC)S(=O)(=O)c1ccc(COC[C@H](C)[C@@H](O)CCC(C)C)cc1. The predicted octanol–water partition coefficient (Wildman–Crippen LogP) is 6.79. The van der Waals surface area contributed by atoms with E-state index in [2.05, 4.69) is 27.7 Å². The van der Waals surface area contributed by atoms with E-state index < -0.39 is 10.0 Å². The van der Waals surface area contributed by atoms with Crippen LogP contribution in [-0.4, -0.2) is 43.6 Å². The maximum atomic E-state index is 13.3. The lowest BCUT2D eigenvalue weighted by Gasteiger charge is -2.22. The van der Waals surface area contributed by atoms with Gasteiger partial charge in [0, 0.05) is 19.0 Å². The van der Waals surface area contributed by atoms with E-state index in [9.17, 15) is 13.5 Å². The van der Waals surface area contributed by atoms with Crippen LogP contribution in [0.2, 0.25) is 0 Å². The summed E-state index contributed by atoms with van der Waals surface area (Å²) in [6.07, 6.45) is 9.98. The molecule has 5 nitrogen and oxygen atoms in total. The number of hydrogen-bond acceptors (Lipinski definition) is 4. The summed E-state index contributed by atoms with van der Waals surface area (Å²) in [6, 6.07) is 7.11. The van der Waals surface area contributed by atoms with E-state index in [0.29, 0.717) is 37.1 Å². The molecule has 0 saturated carbocycles. The minimum Gasteiger partial charge on any atom is -0.393 e.